The minimum atomic E-state index is 0.114. The highest BCUT2D eigenvalue weighted by atomic mass is 16.5. The summed E-state index contributed by atoms with van der Waals surface area (Å²) < 4.78 is 4.93. The van der Waals surface area contributed by atoms with Gasteiger partial charge in [0.2, 0.25) is 0 Å². The standard InChI is InChI=1S/C8H11NO/c1-8(10-2)6-4-3-5-7-9/h3-6,8H,1-2H3/b5-3+,6-4+/t8-/m1/s1. The van der Waals surface area contributed by atoms with Gasteiger partial charge in [-0.2, -0.15) is 5.26 Å². The zero-order valence-corrected chi connectivity index (χ0v) is 6.24. The van der Waals surface area contributed by atoms with Gasteiger partial charge in [0.1, 0.15) is 0 Å². The van der Waals surface area contributed by atoms with Crippen LogP contribution in [0.25, 0.3) is 0 Å². The van der Waals surface area contributed by atoms with E-state index in [0.29, 0.717) is 0 Å². The third-order valence-electron chi connectivity index (χ3n) is 1.04. The third kappa shape index (κ3) is 5.07. The first-order chi connectivity index (χ1) is 4.81. The number of nitriles is 1. The van der Waals surface area contributed by atoms with Crippen molar-refractivity contribution in [3.05, 3.63) is 24.3 Å². The molecule has 0 aliphatic rings. The van der Waals surface area contributed by atoms with Gasteiger partial charge in [-0.3, -0.25) is 0 Å². The van der Waals surface area contributed by atoms with Gasteiger partial charge in [-0.25, -0.2) is 0 Å². The van der Waals surface area contributed by atoms with Crippen molar-refractivity contribution in [1.29, 1.82) is 5.26 Å². The SMILES string of the molecule is CO[C@H](C)/C=C/C=C/C#N. The molecule has 2 heteroatoms. The van der Waals surface area contributed by atoms with Crippen LogP contribution >= 0.6 is 0 Å². The molecule has 0 fully saturated rings. The highest BCUT2D eigenvalue weighted by Crippen LogP contribution is 1.89. The maximum atomic E-state index is 8.09. The molecule has 2 nitrogen and oxygen atoms in total. The first-order valence-electron chi connectivity index (χ1n) is 3.07. The first kappa shape index (κ1) is 8.93. The number of methoxy groups -OCH3 is 1. The van der Waals surface area contributed by atoms with Crippen LogP contribution in [0.15, 0.2) is 24.3 Å². The van der Waals surface area contributed by atoms with Gasteiger partial charge in [-0.15, -0.1) is 0 Å². The van der Waals surface area contributed by atoms with Gasteiger partial charge in [-0.05, 0) is 6.92 Å². The second kappa shape index (κ2) is 6.06. The minimum Gasteiger partial charge on any atom is -0.378 e. The molecule has 10 heavy (non-hydrogen) atoms. The summed E-state index contributed by atoms with van der Waals surface area (Å²) >= 11 is 0. The zero-order valence-electron chi connectivity index (χ0n) is 6.24. The molecule has 0 rings (SSSR count). The molecule has 0 saturated carbocycles. The van der Waals surface area contributed by atoms with E-state index in [9.17, 15) is 0 Å². The van der Waals surface area contributed by atoms with E-state index in [-0.39, 0.29) is 6.10 Å². The van der Waals surface area contributed by atoms with Crippen molar-refractivity contribution < 1.29 is 4.74 Å². The topological polar surface area (TPSA) is 33.0 Å². The number of allylic oxidation sites excluding steroid dienone is 3. The molecule has 0 amide bonds. The van der Waals surface area contributed by atoms with Crippen molar-refractivity contribution in [2.75, 3.05) is 7.11 Å². The van der Waals surface area contributed by atoms with E-state index < -0.39 is 0 Å². The Morgan fingerprint density at radius 3 is 2.70 bits per heavy atom. The highest BCUT2D eigenvalue weighted by molar-refractivity contribution is 5.12. The van der Waals surface area contributed by atoms with Crippen LogP contribution in [0.2, 0.25) is 0 Å². The molecule has 0 saturated heterocycles. The Morgan fingerprint density at radius 2 is 2.20 bits per heavy atom. The van der Waals surface area contributed by atoms with Gasteiger partial charge in [0.25, 0.3) is 0 Å². The summed E-state index contributed by atoms with van der Waals surface area (Å²) in [7, 11) is 1.64. The molecule has 0 unspecified atom stereocenters. The number of ether oxygens (including phenoxy) is 1. The fraction of sp³-hybridized carbons (Fsp3) is 0.375. The van der Waals surface area contributed by atoms with Crippen LogP contribution in [0.1, 0.15) is 6.92 Å². The second-order valence-corrected chi connectivity index (χ2v) is 1.81. The molecule has 0 aliphatic carbocycles. The fourth-order valence-corrected chi connectivity index (χ4v) is 0.398. The molecule has 0 radical (unpaired) electrons. The Balaban J connectivity index is 3.57. The van der Waals surface area contributed by atoms with Gasteiger partial charge < -0.3 is 4.74 Å². The minimum absolute atomic E-state index is 0.114. The molecular formula is C8H11NO. The average molecular weight is 137 g/mol. The lowest BCUT2D eigenvalue weighted by molar-refractivity contribution is 0.156. The first-order valence-corrected chi connectivity index (χ1v) is 3.07. The predicted octanol–water partition coefficient (Wildman–Crippen LogP) is 1.66. The molecule has 0 aromatic heterocycles. The summed E-state index contributed by atoms with van der Waals surface area (Å²) in [5, 5.41) is 8.09. The van der Waals surface area contributed by atoms with Crippen molar-refractivity contribution >= 4 is 0 Å². The van der Waals surface area contributed by atoms with Crippen molar-refractivity contribution in [3.63, 3.8) is 0 Å². The van der Waals surface area contributed by atoms with E-state index in [0.717, 1.165) is 0 Å². The second-order valence-electron chi connectivity index (χ2n) is 1.81. The molecule has 0 heterocycles. The van der Waals surface area contributed by atoms with Gasteiger partial charge in [0.05, 0.1) is 12.2 Å². The summed E-state index contributed by atoms with van der Waals surface area (Å²) in [5.74, 6) is 0. The van der Waals surface area contributed by atoms with Crippen molar-refractivity contribution in [1.82, 2.24) is 0 Å². The fourth-order valence-electron chi connectivity index (χ4n) is 0.398. The molecule has 0 N–H and O–H groups in total. The number of hydrogen-bond acceptors (Lipinski definition) is 2. The Morgan fingerprint density at radius 1 is 1.50 bits per heavy atom. The van der Waals surface area contributed by atoms with Gasteiger partial charge in [0.15, 0.2) is 0 Å². The van der Waals surface area contributed by atoms with E-state index >= 15 is 0 Å². The van der Waals surface area contributed by atoms with E-state index in [1.807, 2.05) is 19.1 Å². The van der Waals surface area contributed by atoms with Gasteiger partial charge in [-0.1, -0.05) is 18.2 Å². The smallest absolute Gasteiger partial charge is 0.0912 e. The van der Waals surface area contributed by atoms with E-state index in [1.54, 1.807) is 19.3 Å². The van der Waals surface area contributed by atoms with Crippen LogP contribution < -0.4 is 0 Å². The van der Waals surface area contributed by atoms with E-state index in [1.165, 1.54) is 6.08 Å². The Bertz CT molecular complexity index is 165. The quantitative estimate of drug-likeness (QED) is 0.437. The normalized spacial score (nSPS) is 14.1. The number of nitrogens with zero attached hydrogens (tertiary/aromatic N) is 1. The van der Waals surface area contributed by atoms with E-state index in [4.69, 9.17) is 10.00 Å². The van der Waals surface area contributed by atoms with Crippen LogP contribution in [0.5, 0.6) is 0 Å². The molecule has 0 aliphatic heterocycles. The third-order valence-corrected chi connectivity index (χ3v) is 1.04. The monoisotopic (exact) mass is 137 g/mol. The van der Waals surface area contributed by atoms with Crippen LogP contribution in [0.3, 0.4) is 0 Å². The number of rotatable bonds is 3. The van der Waals surface area contributed by atoms with Crippen molar-refractivity contribution in [3.8, 4) is 6.07 Å². The summed E-state index contributed by atoms with van der Waals surface area (Å²) in [6, 6.07) is 1.89. The molecule has 0 bridgehead atoms. The summed E-state index contributed by atoms with van der Waals surface area (Å²) in [6.45, 7) is 1.93. The Labute approximate surface area is 61.4 Å². The largest absolute Gasteiger partial charge is 0.378 e. The van der Waals surface area contributed by atoms with Crippen molar-refractivity contribution in [2.24, 2.45) is 0 Å². The van der Waals surface area contributed by atoms with E-state index in [2.05, 4.69) is 0 Å². The highest BCUT2D eigenvalue weighted by Gasteiger charge is 1.86. The number of hydrogen-bond donors (Lipinski definition) is 0. The van der Waals surface area contributed by atoms with Crippen molar-refractivity contribution in [2.45, 2.75) is 13.0 Å². The summed E-state index contributed by atoms with van der Waals surface area (Å²) in [6.07, 6.45) is 6.86. The summed E-state index contributed by atoms with van der Waals surface area (Å²) in [5.41, 5.74) is 0. The van der Waals surface area contributed by atoms with Crippen LogP contribution in [0, 0.1) is 11.3 Å². The summed E-state index contributed by atoms with van der Waals surface area (Å²) in [4.78, 5) is 0. The molecule has 0 aromatic rings. The van der Waals surface area contributed by atoms with Crippen LogP contribution in [-0.2, 0) is 4.74 Å². The lowest BCUT2D eigenvalue weighted by atomic mass is 10.3. The van der Waals surface area contributed by atoms with Crippen LogP contribution in [-0.4, -0.2) is 13.2 Å². The zero-order chi connectivity index (χ0) is 7.82. The Kier molecular flexibility index (Phi) is 5.41. The molecule has 54 valence electrons. The average Bonchev–Trinajstić information content (AvgIpc) is 1.98. The maximum absolute atomic E-state index is 8.09. The van der Waals surface area contributed by atoms with Gasteiger partial charge in [0, 0.05) is 13.2 Å². The lowest BCUT2D eigenvalue weighted by Crippen LogP contribution is -1.97. The molecule has 0 aromatic carbocycles. The Hall–Kier alpha value is -1.07. The van der Waals surface area contributed by atoms with Crippen LogP contribution in [0.4, 0.5) is 0 Å². The predicted molar refractivity (Wildman–Crippen MR) is 40.4 cm³/mol. The molecule has 1 atom stereocenters. The molecule has 0 spiro atoms. The maximum Gasteiger partial charge on any atom is 0.0912 e. The molecular weight excluding hydrogens is 126 g/mol. The van der Waals surface area contributed by atoms with Gasteiger partial charge >= 0.3 is 0 Å². The lowest BCUT2D eigenvalue weighted by Gasteiger charge is -1.98.